The summed E-state index contributed by atoms with van der Waals surface area (Å²) in [5, 5.41) is 1.47. The van der Waals surface area contributed by atoms with E-state index in [2.05, 4.69) is 0 Å². The van der Waals surface area contributed by atoms with Crippen LogP contribution in [-0.4, -0.2) is 38.3 Å². The molecule has 1 heterocycles. The van der Waals surface area contributed by atoms with Gasteiger partial charge in [0.15, 0.2) is 11.3 Å². The Morgan fingerprint density at radius 3 is 2.33 bits per heavy atom. The van der Waals surface area contributed by atoms with Gasteiger partial charge in [0.05, 0.1) is 34.3 Å². The Morgan fingerprint density at radius 2 is 1.70 bits per heavy atom. The molecule has 7 nitrogen and oxygen atoms in total. The molecule has 7 heteroatoms. The third kappa shape index (κ3) is 3.33. The molecule has 0 fully saturated rings. The standard InChI is InChI=1S/C20H21NO6/c1-24-15-10-8-14(9-11-15)13-21-20(19(23)26-3,12-18(22)25-2)16-6-4-5-7-17(16)27-21/h4-11H,12-13H2,1-3H3. The number of hydroxylamine groups is 2. The van der Waals surface area contributed by atoms with Crippen molar-refractivity contribution >= 4 is 11.9 Å². The van der Waals surface area contributed by atoms with Crippen LogP contribution in [0.1, 0.15) is 17.5 Å². The van der Waals surface area contributed by atoms with E-state index in [1.807, 2.05) is 24.3 Å². The van der Waals surface area contributed by atoms with Crippen molar-refractivity contribution in [2.24, 2.45) is 0 Å². The van der Waals surface area contributed by atoms with E-state index in [1.165, 1.54) is 19.3 Å². The lowest BCUT2D eigenvalue weighted by molar-refractivity contribution is -0.188. The van der Waals surface area contributed by atoms with Crippen molar-refractivity contribution < 1.29 is 28.6 Å². The first kappa shape index (κ1) is 18.7. The number of methoxy groups -OCH3 is 3. The van der Waals surface area contributed by atoms with Crippen LogP contribution in [0.4, 0.5) is 0 Å². The van der Waals surface area contributed by atoms with Gasteiger partial charge in [-0.3, -0.25) is 4.79 Å². The van der Waals surface area contributed by atoms with Crippen LogP contribution in [0.2, 0.25) is 0 Å². The highest BCUT2D eigenvalue weighted by Gasteiger charge is 2.56. The Bertz CT molecular complexity index is 835. The zero-order valence-corrected chi connectivity index (χ0v) is 15.4. The highest BCUT2D eigenvalue weighted by Crippen LogP contribution is 2.46. The first-order valence-electron chi connectivity index (χ1n) is 8.38. The number of esters is 2. The fourth-order valence-electron chi connectivity index (χ4n) is 3.20. The second-order valence-electron chi connectivity index (χ2n) is 6.08. The number of nitrogens with zero attached hydrogens (tertiary/aromatic N) is 1. The molecule has 0 N–H and O–H groups in total. The maximum absolute atomic E-state index is 12.9. The van der Waals surface area contributed by atoms with Crippen LogP contribution < -0.4 is 9.57 Å². The number of hydrogen-bond donors (Lipinski definition) is 0. The maximum atomic E-state index is 12.9. The Morgan fingerprint density at radius 1 is 1.00 bits per heavy atom. The molecule has 1 unspecified atom stereocenters. The topological polar surface area (TPSA) is 74.3 Å². The van der Waals surface area contributed by atoms with E-state index in [9.17, 15) is 9.59 Å². The molecule has 2 aromatic carbocycles. The van der Waals surface area contributed by atoms with Crippen LogP contribution in [-0.2, 0) is 31.1 Å². The van der Waals surface area contributed by atoms with E-state index in [4.69, 9.17) is 19.0 Å². The molecule has 0 aromatic heterocycles. The second-order valence-corrected chi connectivity index (χ2v) is 6.08. The summed E-state index contributed by atoms with van der Waals surface area (Å²) in [5.41, 5.74) is 0.00996. The van der Waals surface area contributed by atoms with Gasteiger partial charge in [0.2, 0.25) is 0 Å². The van der Waals surface area contributed by atoms with E-state index in [0.717, 1.165) is 11.3 Å². The van der Waals surface area contributed by atoms with E-state index in [-0.39, 0.29) is 13.0 Å². The Balaban J connectivity index is 2.04. The number of fused-ring (bicyclic) bond motifs is 1. The van der Waals surface area contributed by atoms with Gasteiger partial charge in [0.25, 0.3) is 0 Å². The van der Waals surface area contributed by atoms with Gasteiger partial charge < -0.3 is 19.0 Å². The van der Waals surface area contributed by atoms with Gasteiger partial charge in [-0.05, 0) is 23.8 Å². The van der Waals surface area contributed by atoms with E-state index in [1.54, 1.807) is 31.4 Å². The first-order valence-corrected chi connectivity index (χ1v) is 8.38. The van der Waals surface area contributed by atoms with Gasteiger partial charge in [-0.15, -0.1) is 5.06 Å². The van der Waals surface area contributed by atoms with Gasteiger partial charge in [-0.1, -0.05) is 30.3 Å². The van der Waals surface area contributed by atoms with Crippen LogP contribution in [0, 0.1) is 0 Å². The van der Waals surface area contributed by atoms with Crippen LogP contribution in [0.5, 0.6) is 11.5 Å². The van der Waals surface area contributed by atoms with E-state index in [0.29, 0.717) is 11.3 Å². The van der Waals surface area contributed by atoms with Crippen LogP contribution in [0.25, 0.3) is 0 Å². The number of rotatable bonds is 6. The molecule has 2 aromatic rings. The van der Waals surface area contributed by atoms with Gasteiger partial charge in [0.1, 0.15) is 5.75 Å². The summed E-state index contributed by atoms with van der Waals surface area (Å²) in [6.45, 7) is 0.255. The van der Waals surface area contributed by atoms with Crippen molar-refractivity contribution in [1.82, 2.24) is 5.06 Å². The zero-order valence-electron chi connectivity index (χ0n) is 15.4. The normalized spacial score (nSPS) is 18.3. The van der Waals surface area contributed by atoms with Crippen LogP contribution >= 0.6 is 0 Å². The minimum Gasteiger partial charge on any atom is -0.497 e. The first-order chi connectivity index (χ1) is 13.0. The molecule has 0 amide bonds. The molecule has 1 atom stereocenters. The lowest BCUT2D eigenvalue weighted by atomic mass is 9.86. The molecule has 0 saturated heterocycles. The average molecular weight is 371 g/mol. The number of hydrogen-bond acceptors (Lipinski definition) is 7. The predicted molar refractivity (Wildman–Crippen MR) is 95.9 cm³/mol. The van der Waals surface area contributed by atoms with Gasteiger partial charge >= 0.3 is 11.9 Å². The molecule has 0 aliphatic carbocycles. The molecule has 0 saturated carbocycles. The molecule has 27 heavy (non-hydrogen) atoms. The van der Waals surface area contributed by atoms with Crippen molar-refractivity contribution in [2.45, 2.75) is 18.5 Å². The summed E-state index contributed by atoms with van der Waals surface area (Å²) in [7, 11) is 4.16. The second kappa shape index (κ2) is 7.67. The monoisotopic (exact) mass is 371 g/mol. The zero-order chi connectivity index (χ0) is 19.4. The van der Waals surface area contributed by atoms with E-state index < -0.39 is 17.5 Å². The van der Waals surface area contributed by atoms with Gasteiger partial charge in [-0.2, -0.15) is 0 Å². The third-order valence-electron chi connectivity index (χ3n) is 4.60. The number of ether oxygens (including phenoxy) is 3. The SMILES string of the molecule is COC(=O)CC1(C(=O)OC)c2ccccc2ON1Cc1ccc(OC)cc1. The molecular formula is C20H21NO6. The molecule has 3 rings (SSSR count). The Kier molecular flexibility index (Phi) is 5.32. The molecular weight excluding hydrogens is 350 g/mol. The molecule has 142 valence electrons. The predicted octanol–water partition coefficient (Wildman–Crippen LogP) is 2.44. The molecule has 0 bridgehead atoms. The fraction of sp³-hybridized carbons (Fsp3) is 0.300. The fourth-order valence-corrected chi connectivity index (χ4v) is 3.20. The number of benzene rings is 2. The summed E-state index contributed by atoms with van der Waals surface area (Å²) >= 11 is 0. The molecule has 1 aliphatic rings. The minimum absolute atomic E-state index is 0.233. The smallest absolute Gasteiger partial charge is 0.335 e. The summed E-state index contributed by atoms with van der Waals surface area (Å²) in [6.07, 6.45) is -0.233. The lowest BCUT2D eigenvalue weighted by Crippen LogP contribution is -2.51. The van der Waals surface area contributed by atoms with E-state index >= 15 is 0 Å². The summed E-state index contributed by atoms with van der Waals surface area (Å²) < 4.78 is 15.1. The van der Waals surface area contributed by atoms with Crippen molar-refractivity contribution in [2.75, 3.05) is 21.3 Å². The van der Waals surface area contributed by atoms with Crippen LogP contribution in [0.15, 0.2) is 48.5 Å². The summed E-state index contributed by atoms with van der Waals surface area (Å²) in [5.74, 6) is 0.0882. The van der Waals surface area contributed by atoms with Gasteiger partial charge in [0, 0.05) is 5.56 Å². The van der Waals surface area contributed by atoms with Crippen molar-refractivity contribution in [3.8, 4) is 11.5 Å². The molecule has 0 radical (unpaired) electrons. The maximum Gasteiger partial charge on any atom is 0.335 e. The van der Waals surface area contributed by atoms with Crippen molar-refractivity contribution in [1.29, 1.82) is 0 Å². The number of carbonyl (C=O) groups excluding carboxylic acids is 2. The number of para-hydroxylation sites is 1. The summed E-state index contributed by atoms with van der Waals surface area (Å²) in [6, 6.07) is 14.5. The quantitative estimate of drug-likeness (QED) is 0.722. The van der Waals surface area contributed by atoms with Crippen molar-refractivity contribution in [3.63, 3.8) is 0 Å². The Hall–Kier alpha value is -3.06. The third-order valence-corrected chi connectivity index (χ3v) is 4.60. The highest BCUT2D eigenvalue weighted by molar-refractivity contribution is 5.89. The molecule has 1 aliphatic heterocycles. The lowest BCUT2D eigenvalue weighted by Gasteiger charge is -2.33. The summed E-state index contributed by atoms with van der Waals surface area (Å²) in [4.78, 5) is 31.0. The van der Waals surface area contributed by atoms with Gasteiger partial charge in [-0.25, -0.2) is 4.79 Å². The Labute approximate surface area is 157 Å². The average Bonchev–Trinajstić information content (AvgIpc) is 3.01. The minimum atomic E-state index is -1.43. The van der Waals surface area contributed by atoms with Crippen molar-refractivity contribution in [3.05, 3.63) is 59.7 Å². The number of carbonyl (C=O) groups is 2. The largest absolute Gasteiger partial charge is 0.497 e. The van der Waals surface area contributed by atoms with Crippen LogP contribution in [0.3, 0.4) is 0 Å². The molecule has 0 spiro atoms. The highest BCUT2D eigenvalue weighted by atomic mass is 16.7.